The van der Waals surface area contributed by atoms with Crippen molar-refractivity contribution in [3.8, 4) is 11.5 Å². The minimum Gasteiger partial charge on any atom is -0.508 e. The zero-order valence-corrected chi connectivity index (χ0v) is 22.8. The number of aromatic hydroxyl groups is 1. The molecule has 2 aromatic carbocycles. The van der Waals surface area contributed by atoms with E-state index < -0.39 is 15.8 Å². The van der Waals surface area contributed by atoms with Gasteiger partial charge in [-0.05, 0) is 37.1 Å². The number of rotatable bonds is 15. The number of carboxylic acids is 1. The maximum atomic E-state index is 11.5. The molecule has 0 saturated carbocycles. The molecule has 11 heteroatoms. The van der Waals surface area contributed by atoms with Gasteiger partial charge in [-0.2, -0.15) is 0 Å². The van der Waals surface area contributed by atoms with Gasteiger partial charge in [0.1, 0.15) is 11.5 Å². The van der Waals surface area contributed by atoms with E-state index in [2.05, 4.69) is 13.8 Å². The van der Waals surface area contributed by atoms with Gasteiger partial charge in [0.25, 0.3) is 11.4 Å². The zero-order chi connectivity index (χ0) is 29.5. The minimum atomic E-state index is -0.670. The third kappa shape index (κ3) is 19.7. The van der Waals surface area contributed by atoms with Gasteiger partial charge in [0.05, 0.1) is 9.85 Å². The number of nitrogens with zero attached hydrogens (tertiary/aromatic N) is 2. The van der Waals surface area contributed by atoms with Crippen molar-refractivity contribution in [2.75, 3.05) is 0 Å². The van der Waals surface area contributed by atoms with E-state index in [1.807, 2.05) is 0 Å². The number of nitro groups is 2. The largest absolute Gasteiger partial charge is 0.508 e. The Bertz CT molecular complexity index is 978. The van der Waals surface area contributed by atoms with Crippen LogP contribution in [0.25, 0.3) is 0 Å². The molecule has 0 bridgehead atoms. The number of ether oxygens (including phenoxy) is 1. The minimum absolute atomic E-state index is 0.0145. The molecular weight excluding hydrogens is 508 g/mol. The molecule has 0 aliphatic heterocycles. The van der Waals surface area contributed by atoms with Gasteiger partial charge in [-0.25, -0.2) is 0 Å². The summed E-state index contributed by atoms with van der Waals surface area (Å²) in [6.45, 7) is 4.29. The molecule has 0 radical (unpaired) electrons. The third-order valence-corrected chi connectivity index (χ3v) is 5.32. The van der Waals surface area contributed by atoms with E-state index in [0.717, 1.165) is 32.1 Å². The summed E-state index contributed by atoms with van der Waals surface area (Å²) >= 11 is 0. The van der Waals surface area contributed by atoms with Gasteiger partial charge < -0.3 is 14.9 Å². The highest BCUT2D eigenvalue weighted by Crippen LogP contribution is 2.18. The number of carboxylic acid groups (broad SMARTS) is 1. The molecule has 11 nitrogen and oxygen atoms in total. The molecule has 216 valence electrons. The Hall–Kier alpha value is -4.02. The first-order valence-corrected chi connectivity index (χ1v) is 13.2. The average Bonchev–Trinajstić information content (AvgIpc) is 2.89. The van der Waals surface area contributed by atoms with Crippen molar-refractivity contribution in [1.29, 1.82) is 0 Å². The van der Waals surface area contributed by atoms with Crippen molar-refractivity contribution >= 4 is 23.3 Å². The first kappa shape index (κ1) is 35.0. The smallest absolute Gasteiger partial charge is 0.311 e. The normalized spacial score (nSPS) is 9.79. The average molecular weight is 549 g/mol. The number of unbranched alkanes of at least 4 members (excludes halogenated alkanes) is 8. The maximum Gasteiger partial charge on any atom is 0.311 e. The molecule has 0 unspecified atom stereocenters. The fourth-order valence-electron chi connectivity index (χ4n) is 3.15. The Labute approximate surface area is 229 Å². The van der Waals surface area contributed by atoms with E-state index in [-0.39, 0.29) is 23.1 Å². The molecule has 0 heterocycles. The molecular formula is C28H40N2O9. The third-order valence-electron chi connectivity index (χ3n) is 5.32. The molecule has 0 aliphatic rings. The van der Waals surface area contributed by atoms with Crippen LogP contribution in [0.5, 0.6) is 11.5 Å². The van der Waals surface area contributed by atoms with Crippen LogP contribution in [0, 0.1) is 20.2 Å². The van der Waals surface area contributed by atoms with Crippen LogP contribution in [0.4, 0.5) is 11.4 Å². The van der Waals surface area contributed by atoms with Crippen LogP contribution in [-0.2, 0) is 9.59 Å². The molecule has 0 aromatic heterocycles. The Morgan fingerprint density at radius 3 is 1.51 bits per heavy atom. The van der Waals surface area contributed by atoms with Crippen molar-refractivity contribution in [2.45, 2.75) is 90.9 Å². The summed E-state index contributed by atoms with van der Waals surface area (Å²) < 4.78 is 5.09. The summed E-state index contributed by atoms with van der Waals surface area (Å²) in [5.41, 5.74) is -0.0304. The van der Waals surface area contributed by atoms with Gasteiger partial charge in [0.15, 0.2) is 0 Å². The highest BCUT2D eigenvalue weighted by molar-refractivity contribution is 5.72. The number of hydrogen-bond acceptors (Lipinski definition) is 8. The predicted molar refractivity (Wildman–Crippen MR) is 148 cm³/mol. The van der Waals surface area contributed by atoms with E-state index in [9.17, 15) is 29.8 Å². The van der Waals surface area contributed by atoms with Gasteiger partial charge in [-0.15, -0.1) is 0 Å². The van der Waals surface area contributed by atoms with Crippen LogP contribution in [0.1, 0.15) is 90.9 Å². The van der Waals surface area contributed by atoms with Gasteiger partial charge >= 0.3 is 11.9 Å². The van der Waals surface area contributed by atoms with Gasteiger partial charge in [-0.3, -0.25) is 29.8 Å². The lowest BCUT2D eigenvalue weighted by Gasteiger charge is -2.04. The van der Waals surface area contributed by atoms with E-state index in [0.29, 0.717) is 18.6 Å². The quantitative estimate of drug-likeness (QED) is 0.0747. The van der Waals surface area contributed by atoms with Crippen LogP contribution in [0.2, 0.25) is 0 Å². The number of aliphatic carboxylic acids is 1. The lowest BCUT2D eigenvalue weighted by molar-refractivity contribution is -0.385. The highest BCUT2D eigenvalue weighted by atomic mass is 16.6. The predicted octanol–water partition coefficient (Wildman–Crippen LogP) is 7.59. The SMILES string of the molecule is CCCCCCCC(=O)O.CCCCCCCC(=O)Oc1ccc([N+](=O)[O-])cc1.O=[N+]([O-])c1ccc(O)cc1. The molecule has 2 aromatic rings. The van der Waals surface area contributed by atoms with Crippen molar-refractivity contribution < 1.29 is 34.4 Å². The molecule has 2 N–H and O–H groups in total. The number of phenolic OH excluding ortho intramolecular Hbond substituents is 1. The molecule has 0 saturated heterocycles. The number of carbonyl (C=O) groups is 2. The first-order chi connectivity index (χ1) is 18.6. The number of hydrogen-bond donors (Lipinski definition) is 2. The molecule has 2 rings (SSSR count). The van der Waals surface area contributed by atoms with Crippen LogP contribution in [0.15, 0.2) is 48.5 Å². The summed E-state index contributed by atoms with van der Waals surface area (Å²) in [4.78, 5) is 41.0. The first-order valence-electron chi connectivity index (χ1n) is 13.2. The van der Waals surface area contributed by atoms with Crippen molar-refractivity contribution in [3.63, 3.8) is 0 Å². The Morgan fingerprint density at radius 1 is 0.692 bits per heavy atom. The fourth-order valence-corrected chi connectivity index (χ4v) is 3.15. The van der Waals surface area contributed by atoms with Crippen molar-refractivity contribution in [1.82, 2.24) is 0 Å². The Balaban J connectivity index is 0.000000610. The monoisotopic (exact) mass is 548 g/mol. The molecule has 39 heavy (non-hydrogen) atoms. The van der Waals surface area contributed by atoms with E-state index >= 15 is 0 Å². The second-order valence-electron chi connectivity index (χ2n) is 8.72. The second-order valence-corrected chi connectivity index (χ2v) is 8.72. The van der Waals surface area contributed by atoms with Crippen LogP contribution >= 0.6 is 0 Å². The number of esters is 1. The highest BCUT2D eigenvalue weighted by Gasteiger charge is 2.08. The zero-order valence-electron chi connectivity index (χ0n) is 22.8. The summed E-state index contributed by atoms with van der Waals surface area (Å²) in [5, 5.41) is 37.5. The number of nitro benzene ring substituents is 2. The number of benzene rings is 2. The Kier molecular flexibility index (Phi) is 19.7. The summed E-state index contributed by atoms with van der Waals surface area (Å²) in [5.74, 6) is -0.573. The summed E-state index contributed by atoms with van der Waals surface area (Å²) in [6, 6.07) is 10.6. The molecule has 0 aliphatic carbocycles. The van der Waals surface area contributed by atoms with Crippen LogP contribution in [-0.4, -0.2) is 32.0 Å². The number of phenols is 1. The van der Waals surface area contributed by atoms with Crippen molar-refractivity contribution in [2.24, 2.45) is 0 Å². The van der Waals surface area contributed by atoms with E-state index in [4.69, 9.17) is 14.9 Å². The number of carbonyl (C=O) groups excluding carboxylic acids is 1. The number of non-ortho nitro benzene ring substituents is 2. The lowest BCUT2D eigenvalue weighted by Crippen LogP contribution is -2.07. The molecule has 0 spiro atoms. The fraction of sp³-hybridized carbons (Fsp3) is 0.500. The van der Waals surface area contributed by atoms with Crippen molar-refractivity contribution in [3.05, 3.63) is 68.8 Å². The second kappa shape index (κ2) is 22.0. The van der Waals surface area contributed by atoms with Gasteiger partial charge in [-0.1, -0.05) is 65.2 Å². The van der Waals surface area contributed by atoms with E-state index in [1.165, 1.54) is 80.6 Å². The standard InChI is InChI=1S/C14H19NO4.C8H16O2.C6H5NO3/c1-2-3-4-5-6-7-14(16)19-13-10-8-12(9-11-13)15(17)18;1-2-3-4-5-6-7-8(9)10;8-6-3-1-5(2-4-6)7(9)10/h8-11H,2-7H2,1H3;2-7H2,1H3,(H,9,10);1-4,8H. The van der Waals surface area contributed by atoms with E-state index in [1.54, 1.807) is 0 Å². The summed E-state index contributed by atoms with van der Waals surface area (Å²) in [6.07, 6.45) is 11.6. The molecule has 0 fully saturated rings. The lowest BCUT2D eigenvalue weighted by atomic mass is 10.1. The van der Waals surface area contributed by atoms with Gasteiger partial charge in [0, 0.05) is 37.1 Å². The topological polar surface area (TPSA) is 170 Å². The summed E-state index contributed by atoms with van der Waals surface area (Å²) in [7, 11) is 0. The molecule has 0 amide bonds. The van der Waals surface area contributed by atoms with Crippen LogP contribution in [0.3, 0.4) is 0 Å². The van der Waals surface area contributed by atoms with Crippen LogP contribution < -0.4 is 4.74 Å². The maximum absolute atomic E-state index is 11.5. The molecule has 0 atom stereocenters. The van der Waals surface area contributed by atoms with Gasteiger partial charge in [0.2, 0.25) is 0 Å². The Morgan fingerprint density at radius 2 is 1.10 bits per heavy atom.